The minimum absolute atomic E-state index is 0.0967. The number of pyridine rings is 1. The molecule has 3 rings (SSSR count). The zero-order chi connectivity index (χ0) is 16.0. The van der Waals surface area contributed by atoms with E-state index in [1.165, 1.54) is 4.90 Å². The Kier molecular flexibility index (Phi) is 3.36. The number of nitrogens with zero attached hydrogens (tertiary/aromatic N) is 2. The number of aliphatic carboxylic acids is 1. The average Bonchev–Trinajstić information content (AvgIpc) is 3.02. The summed E-state index contributed by atoms with van der Waals surface area (Å²) in [6, 6.07) is 3.59. The third-order valence-corrected chi connectivity index (χ3v) is 4.17. The van der Waals surface area contributed by atoms with Gasteiger partial charge in [-0.15, -0.1) is 0 Å². The standard InChI is InChI=1S/C14H14F3N3O2/c15-14(16,17)13(12(21)22)2-4-20(8-13)7-10-5-9-6-18-3-1-11(9)19-10/h1,3,5-6,19H,2,4,7-8H2,(H,21,22). The molecule has 0 aliphatic carbocycles. The molecule has 0 radical (unpaired) electrons. The van der Waals surface area contributed by atoms with E-state index in [2.05, 4.69) is 9.97 Å². The van der Waals surface area contributed by atoms with Gasteiger partial charge in [-0.3, -0.25) is 14.7 Å². The molecule has 1 aliphatic heterocycles. The topological polar surface area (TPSA) is 69.2 Å². The molecule has 0 saturated carbocycles. The Morgan fingerprint density at radius 1 is 1.50 bits per heavy atom. The number of carboxylic acid groups (broad SMARTS) is 1. The van der Waals surface area contributed by atoms with E-state index in [1.807, 2.05) is 6.07 Å². The number of aromatic amines is 1. The van der Waals surface area contributed by atoms with Gasteiger partial charge in [0.05, 0.1) is 0 Å². The lowest BCUT2D eigenvalue weighted by Crippen LogP contribution is -2.47. The summed E-state index contributed by atoms with van der Waals surface area (Å²) in [6.45, 7) is -0.182. The molecule has 5 nitrogen and oxygen atoms in total. The Bertz CT molecular complexity index is 680. The molecule has 8 heteroatoms. The number of hydrogen-bond acceptors (Lipinski definition) is 3. The van der Waals surface area contributed by atoms with Crippen LogP contribution in [0, 0.1) is 5.41 Å². The maximum atomic E-state index is 13.1. The molecular formula is C14H14F3N3O2. The first-order valence-electron chi connectivity index (χ1n) is 6.76. The number of carbonyl (C=O) groups is 1. The maximum Gasteiger partial charge on any atom is 0.406 e. The summed E-state index contributed by atoms with van der Waals surface area (Å²) >= 11 is 0. The van der Waals surface area contributed by atoms with Crippen molar-refractivity contribution in [2.24, 2.45) is 5.41 Å². The molecule has 0 amide bonds. The number of rotatable bonds is 3. The largest absolute Gasteiger partial charge is 0.481 e. The highest BCUT2D eigenvalue weighted by Gasteiger charge is 2.63. The van der Waals surface area contributed by atoms with Crippen molar-refractivity contribution in [3.63, 3.8) is 0 Å². The van der Waals surface area contributed by atoms with Crippen LogP contribution in [-0.2, 0) is 11.3 Å². The van der Waals surface area contributed by atoms with E-state index in [9.17, 15) is 18.0 Å². The summed E-state index contributed by atoms with van der Waals surface area (Å²) in [7, 11) is 0. The molecule has 0 aromatic carbocycles. The predicted molar refractivity (Wildman–Crippen MR) is 72.1 cm³/mol. The van der Waals surface area contributed by atoms with E-state index in [0.29, 0.717) is 0 Å². The highest BCUT2D eigenvalue weighted by molar-refractivity contribution is 5.79. The zero-order valence-electron chi connectivity index (χ0n) is 11.5. The summed E-state index contributed by atoms with van der Waals surface area (Å²) in [5.74, 6) is -1.80. The van der Waals surface area contributed by atoms with Gasteiger partial charge in [0.2, 0.25) is 0 Å². The Morgan fingerprint density at radius 2 is 2.27 bits per heavy atom. The van der Waals surface area contributed by atoms with Crippen molar-refractivity contribution < 1.29 is 23.1 Å². The fourth-order valence-electron chi connectivity index (χ4n) is 2.91. The highest BCUT2D eigenvalue weighted by atomic mass is 19.4. The number of hydrogen-bond donors (Lipinski definition) is 2. The van der Waals surface area contributed by atoms with Crippen LogP contribution >= 0.6 is 0 Å². The first-order chi connectivity index (χ1) is 10.3. The molecule has 1 unspecified atom stereocenters. The molecule has 2 aromatic rings. The molecule has 3 heterocycles. The number of halogens is 3. The van der Waals surface area contributed by atoms with Gasteiger partial charge in [0.15, 0.2) is 5.41 Å². The normalized spacial score (nSPS) is 23.2. The van der Waals surface area contributed by atoms with Crippen molar-refractivity contribution >= 4 is 16.9 Å². The minimum atomic E-state index is -4.75. The van der Waals surface area contributed by atoms with Crippen molar-refractivity contribution in [1.82, 2.24) is 14.9 Å². The van der Waals surface area contributed by atoms with Crippen molar-refractivity contribution in [2.45, 2.75) is 19.1 Å². The van der Waals surface area contributed by atoms with Crippen LogP contribution in [0.25, 0.3) is 10.9 Å². The summed E-state index contributed by atoms with van der Waals surface area (Å²) < 4.78 is 39.4. The van der Waals surface area contributed by atoms with Gasteiger partial charge in [-0.1, -0.05) is 0 Å². The van der Waals surface area contributed by atoms with Gasteiger partial charge >= 0.3 is 12.1 Å². The third-order valence-electron chi connectivity index (χ3n) is 4.17. The van der Waals surface area contributed by atoms with Crippen LogP contribution in [0.15, 0.2) is 24.5 Å². The second kappa shape index (κ2) is 4.98. The van der Waals surface area contributed by atoms with Gasteiger partial charge < -0.3 is 10.1 Å². The highest BCUT2D eigenvalue weighted by Crippen LogP contribution is 2.46. The van der Waals surface area contributed by atoms with E-state index >= 15 is 0 Å². The average molecular weight is 313 g/mol. The fourth-order valence-corrected chi connectivity index (χ4v) is 2.91. The van der Waals surface area contributed by atoms with Gasteiger partial charge in [0, 0.05) is 48.6 Å². The van der Waals surface area contributed by atoms with E-state index in [0.717, 1.165) is 16.6 Å². The summed E-state index contributed by atoms with van der Waals surface area (Å²) in [5, 5.41) is 9.91. The van der Waals surface area contributed by atoms with E-state index in [1.54, 1.807) is 18.5 Å². The molecule has 2 N–H and O–H groups in total. The molecule has 2 aromatic heterocycles. The van der Waals surface area contributed by atoms with Crippen molar-refractivity contribution in [2.75, 3.05) is 13.1 Å². The van der Waals surface area contributed by atoms with Crippen molar-refractivity contribution in [1.29, 1.82) is 0 Å². The second-order valence-electron chi connectivity index (χ2n) is 5.60. The van der Waals surface area contributed by atoms with E-state index in [-0.39, 0.29) is 13.1 Å². The summed E-state index contributed by atoms with van der Waals surface area (Å²) in [6.07, 6.45) is -1.89. The van der Waals surface area contributed by atoms with Crippen molar-refractivity contribution in [3.05, 3.63) is 30.2 Å². The van der Waals surface area contributed by atoms with Crippen molar-refractivity contribution in [3.8, 4) is 0 Å². The third kappa shape index (κ3) is 2.33. The summed E-state index contributed by atoms with van der Waals surface area (Å²) in [4.78, 5) is 19.7. The molecule has 1 saturated heterocycles. The zero-order valence-corrected chi connectivity index (χ0v) is 11.5. The lowest BCUT2D eigenvalue weighted by Gasteiger charge is -2.27. The van der Waals surface area contributed by atoms with E-state index < -0.39 is 30.5 Å². The molecule has 1 atom stereocenters. The molecule has 1 fully saturated rings. The lowest BCUT2D eigenvalue weighted by molar-refractivity contribution is -0.227. The molecule has 1 aliphatic rings. The van der Waals surface area contributed by atoms with Crippen LogP contribution in [-0.4, -0.2) is 45.2 Å². The Morgan fingerprint density at radius 3 is 2.86 bits per heavy atom. The van der Waals surface area contributed by atoms with Gasteiger partial charge in [0.1, 0.15) is 0 Å². The Hall–Kier alpha value is -2.09. The molecule has 118 valence electrons. The number of likely N-dealkylation sites (tertiary alicyclic amines) is 1. The first-order valence-corrected chi connectivity index (χ1v) is 6.76. The first kappa shape index (κ1) is 14.8. The number of nitrogens with one attached hydrogen (secondary N) is 1. The van der Waals surface area contributed by atoms with Gasteiger partial charge in [-0.05, 0) is 18.6 Å². The quantitative estimate of drug-likeness (QED) is 0.913. The summed E-state index contributed by atoms with van der Waals surface area (Å²) in [5.41, 5.74) is -1.07. The van der Waals surface area contributed by atoms with Crippen LogP contribution in [0.4, 0.5) is 13.2 Å². The molecule has 22 heavy (non-hydrogen) atoms. The molecule has 0 bridgehead atoms. The van der Waals surface area contributed by atoms with Crippen LogP contribution in [0.3, 0.4) is 0 Å². The number of alkyl halides is 3. The van der Waals surface area contributed by atoms with Crippen LogP contribution in [0.2, 0.25) is 0 Å². The molecular weight excluding hydrogens is 299 g/mol. The fraction of sp³-hybridized carbons (Fsp3) is 0.429. The monoisotopic (exact) mass is 313 g/mol. The lowest BCUT2D eigenvalue weighted by atomic mass is 9.86. The number of H-pyrrole nitrogens is 1. The minimum Gasteiger partial charge on any atom is -0.481 e. The number of aromatic nitrogens is 2. The maximum absolute atomic E-state index is 13.1. The smallest absolute Gasteiger partial charge is 0.406 e. The molecule has 0 spiro atoms. The van der Waals surface area contributed by atoms with Gasteiger partial charge in [-0.25, -0.2) is 0 Å². The Balaban J connectivity index is 1.79. The predicted octanol–water partition coefficient (Wildman–Crippen LogP) is 2.40. The van der Waals surface area contributed by atoms with Gasteiger partial charge in [-0.2, -0.15) is 13.2 Å². The van der Waals surface area contributed by atoms with Crippen LogP contribution in [0.5, 0.6) is 0 Å². The number of fused-ring (bicyclic) bond motifs is 1. The SMILES string of the molecule is O=C(O)C1(C(F)(F)F)CCN(Cc2cc3cnccc3[nH]2)C1. The van der Waals surface area contributed by atoms with Crippen LogP contribution < -0.4 is 0 Å². The van der Waals surface area contributed by atoms with E-state index in [4.69, 9.17) is 5.11 Å². The second-order valence-corrected chi connectivity index (χ2v) is 5.60. The van der Waals surface area contributed by atoms with Crippen LogP contribution in [0.1, 0.15) is 12.1 Å². The number of carboxylic acids is 1. The van der Waals surface area contributed by atoms with Gasteiger partial charge in [0.25, 0.3) is 0 Å². The Labute approximate surface area is 123 Å².